The highest BCUT2D eigenvalue weighted by atomic mass is 79.9. The fourth-order valence-corrected chi connectivity index (χ4v) is 3.95. The van der Waals surface area contributed by atoms with Crippen molar-refractivity contribution in [1.82, 2.24) is 4.98 Å². The Hall–Kier alpha value is -2.77. The van der Waals surface area contributed by atoms with Gasteiger partial charge < -0.3 is 4.42 Å². The second-order valence-corrected chi connectivity index (χ2v) is 7.39. The maximum atomic E-state index is 10.8. The average Bonchev–Trinajstić information content (AvgIpc) is 3.26. The number of nitro groups is 1. The maximum absolute atomic E-state index is 10.8. The molecular weight excluding hydrogens is 416 g/mol. The van der Waals surface area contributed by atoms with Crippen LogP contribution in [0.1, 0.15) is 10.8 Å². The number of thiazole rings is 1. The third-order valence-corrected chi connectivity index (χ3v) is 5.41. The second-order valence-electron chi connectivity index (χ2n) is 5.48. The van der Waals surface area contributed by atoms with Crippen molar-refractivity contribution in [3.8, 4) is 11.3 Å². The topological polar surface area (TPSA) is 69.2 Å². The Kier molecular flexibility index (Phi) is 4.40. The summed E-state index contributed by atoms with van der Waals surface area (Å²) in [6.45, 7) is 0. The predicted octanol–water partition coefficient (Wildman–Crippen LogP) is 6.40. The SMILES string of the molecule is O=[N+]([O-])c1ccc(-c2ccc(C=Cc3nc4ccccc4s3)o2)c(Br)c1. The molecule has 0 aliphatic carbocycles. The minimum absolute atomic E-state index is 0.0307. The molecule has 0 N–H and O–H groups in total. The maximum Gasteiger partial charge on any atom is 0.270 e. The van der Waals surface area contributed by atoms with Crippen LogP contribution < -0.4 is 0 Å². The zero-order valence-corrected chi connectivity index (χ0v) is 15.7. The van der Waals surface area contributed by atoms with E-state index in [1.165, 1.54) is 12.1 Å². The summed E-state index contributed by atoms with van der Waals surface area (Å²) in [5.74, 6) is 1.32. The van der Waals surface area contributed by atoms with Crippen molar-refractivity contribution in [2.75, 3.05) is 0 Å². The number of hydrogen-bond acceptors (Lipinski definition) is 5. The Balaban J connectivity index is 1.59. The third-order valence-electron chi connectivity index (χ3n) is 3.76. The fraction of sp³-hybridized carbons (Fsp3) is 0. The summed E-state index contributed by atoms with van der Waals surface area (Å²) in [7, 11) is 0. The molecule has 0 aliphatic heterocycles. The summed E-state index contributed by atoms with van der Waals surface area (Å²) in [5.41, 5.74) is 1.77. The van der Waals surface area contributed by atoms with E-state index in [4.69, 9.17) is 4.42 Å². The number of rotatable bonds is 4. The van der Waals surface area contributed by atoms with Crippen molar-refractivity contribution in [3.05, 3.63) is 80.0 Å². The molecule has 7 heteroatoms. The van der Waals surface area contributed by atoms with Gasteiger partial charge >= 0.3 is 0 Å². The van der Waals surface area contributed by atoms with Crippen LogP contribution in [0.3, 0.4) is 0 Å². The van der Waals surface area contributed by atoms with Gasteiger partial charge in [-0.1, -0.05) is 12.1 Å². The van der Waals surface area contributed by atoms with Crippen LogP contribution in [0.4, 0.5) is 5.69 Å². The number of para-hydroxylation sites is 1. The van der Waals surface area contributed by atoms with Crippen molar-refractivity contribution in [1.29, 1.82) is 0 Å². The Bertz CT molecular complexity index is 1110. The first-order chi connectivity index (χ1) is 12.6. The van der Waals surface area contributed by atoms with Gasteiger partial charge in [0.15, 0.2) is 0 Å². The summed E-state index contributed by atoms with van der Waals surface area (Å²) in [5, 5.41) is 11.7. The van der Waals surface area contributed by atoms with Gasteiger partial charge in [0.05, 0.1) is 15.1 Å². The lowest BCUT2D eigenvalue weighted by Gasteiger charge is -2.00. The zero-order valence-electron chi connectivity index (χ0n) is 13.3. The highest BCUT2D eigenvalue weighted by Gasteiger charge is 2.12. The minimum Gasteiger partial charge on any atom is -0.457 e. The van der Waals surface area contributed by atoms with Crippen LogP contribution in [0.2, 0.25) is 0 Å². The Morgan fingerprint density at radius 2 is 1.96 bits per heavy atom. The molecule has 0 aliphatic rings. The van der Waals surface area contributed by atoms with E-state index in [2.05, 4.69) is 20.9 Å². The summed E-state index contributed by atoms with van der Waals surface area (Å²) in [6.07, 6.45) is 3.78. The van der Waals surface area contributed by atoms with Crippen LogP contribution in [0, 0.1) is 10.1 Å². The van der Waals surface area contributed by atoms with E-state index in [1.54, 1.807) is 17.4 Å². The largest absolute Gasteiger partial charge is 0.457 e. The van der Waals surface area contributed by atoms with Gasteiger partial charge in [-0.2, -0.15) is 0 Å². The molecule has 26 heavy (non-hydrogen) atoms. The molecule has 5 nitrogen and oxygen atoms in total. The molecule has 0 unspecified atom stereocenters. The van der Waals surface area contributed by atoms with E-state index in [0.717, 1.165) is 20.8 Å². The molecular formula is C19H11BrN2O3S. The Labute approximate surface area is 160 Å². The van der Waals surface area contributed by atoms with E-state index >= 15 is 0 Å². The quantitative estimate of drug-likeness (QED) is 0.279. The predicted molar refractivity (Wildman–Crippen MR) is 107 cm³/mol. The first-order valence-electron chi connectivity index (χ1n) is 7.68. The van der Waals surface area contributed by atoms with E-state index in [-0.39, 0.29) is 5.69 Å². The highest BCUT2D eigenvalue weighted by Crippen LogP contribution is 2.33. The third kappa shape index (κ3) is 3.31. The molecule has 0 fully saturated rings. The van der Waals surface area contributed by atoms with Crippen molar-refractivity contribution in [2.24, 2.45) is 0 Å². The normalized spacial score (nSPS) is 11.4. The minimum atomic E-state index is -0.428. The van der Waals surface area contributed by atoms with Gasteiger partial charge in [-0.3, -0.25) is 10.1 Å². The number of nitrogens with zero attached hydrogens (tertiary/aromatic N) is 2. The lowest BCUT2D eigenvalue weighted by atomic mass is 10.1. The lowest BCUT2D eigenvalue weighted by Crippen LogP contribution is -1.88. The highest BCUT2D eigenvalue weighted by molar-refractivity contribution is 9.10. The summed E-state index contributed by atoms with van der Waals surface area (Å²) >= 11 is 4.98. The first-order valence-corrected chi connectivity index (χ1v) is 9.29. The molecule has 0 atom stereocenters. The summed E-state index contributed by atoms with van der Waals surface area (Å²) in [6, 6.07) is 16.3. The number of hydrogen-bond donors (Lipinski definition) is 0. The molecule has 0 amide bonds. The molecule has 0 spiro atoms. The average molecular weight is 427 g/mol. The molecule has 2 aromatic heterocycles. The lowest BCUT2D eigenvalue weighted by molar-refractivity contribution is -0.384. The molecule has 0 bridgehead atoms. The van der Waals surface area contributed by atoms with Crippen LogP contribution in [0.5, 0.6) is 0 Å². The van der Waals surface area contributed by atoms with Crippen LogP contribution in [0.15, 0.2) is 63.5 Å². The number of benzene rings is 2. The number of nitro benzene ring substituents is 1. The fourth-order valence-electron chi connectivity index (χ4n) is 2.52. The van der Waals surface area contributed by atoms with Crippen LogP contribution in [-0.4, -0.2) is 9.91 Å². The Morgan fingerprint density at radius 3 is 2.73 bits per heavy atom. The van der Waals surface area contributed by atoms with E-state index < -0.39 is 4.92 Å². The molecule has 2 heterocycles. The zero-order chi connectivity index (χ0) is 18.1. The van der Waals surface area contributed by atoms with Gasteiger partial charge in [0.1, 0.15) is 16.5 Å². The molecule has 4 rings (SSSR count). The monoisotopic (exact) mass is 426 g/mol. The number of fused-ring (bicyclic) bond motifs is 1. The number of aromatic nitrogens is 1. The van der Waals surface area contributed by atoms with Gasteiger partial charge in [-0.15, -0.1) is 11.3 Å². The van der Waals surface area contributed by atoms with Crippen LogP contribution >= 0.6 is 27.3 Å². The van der Waals surface area contributed by atoms with Crippen molar-refractivity contribution in [2.45, 2.75) is 0 Å². The number of halogens is 1. The standard InChI is InChI=1S/C19H11BrN2O3S/c20-15-11-12(22(23)24)5-8-14(15)17-9-6-13(25-17)7-10-19-21-16-3-1-2-4-18(16)26-19/h1-11H. The van der Waals surface area contributed by atoms with Crippen molar-refractivity contribution >= 4 is 55.3 Å². The first kappa shape index (κ1) is 16.7. The van der Waals surface area contributed by atoms with Crippen molar-refractivity contribution in [3.63, 3.8) is 0 Å². The van der Waals surface area contributed by atoms with E-state index in [0.29, 0.717) is 16.0 Å². The van der Waals surface area contributed by atoms with Crippen LogP contribution in [-0.2, 0) is 0 Å². The van der Waals surface area contributed by atoms with Crippen LogP contribution in [0.25, 0.3) is 33.7 Å². The smallest absolute Gasteiger partial charge is 0.270 e. The van der Waals surface area contributed by atoms with Crippen molar-refractivity contribution < 1.29 is 9.34 Å². The van der Waals surface area contributed by atoms with Gasteiger partial charge in [0.2, 0.25) is 0 Å². The van der Waals surface area contributed by atoms with Gasteiger partial charge in [0.25, 0.3) is 5.69 Å². The number of non-ortho nitro benzene ring substituents is 1. The molecule has 0 radical (unpaired) electrons. The van der Waals surface area contributed by atoms with Gasteiger partial charge in [-0.05, 0) is 58.4 Å². The molecule has 128 valence electrons. The summed E-state index contributed by atoms with van der Waals surface area (Å²) in [4.78, 5) is 15.0. The Morgan fingerprint density at radius 1 is 1.12 bits per heavy atom. The van der Waals surface area contributed by atoms with Gasteiger partial charge in [-0.25, -0.2) is 4.98 Å². The van der Waals surface area contributed by atoms with Gasteiger partial charge in [0, 0.05) is 22.2 Å². The molecule has 2 aromatic carbocycles. The number of furan rings is 1. The molecule has 0 saturated carbocycles. The molecule has 4 aromatic rings. The van der Waals surface area contributed by atoms with E-state index in [9.17, 15) is 10.1 Å². The van der Waals surface area contributed by atoms with E-state index in [1.807, 2.05) is 48.6 Å². The summed E-state index contributed by atoms with van der Waals surface area (Å²) < 4.78 is 7.59. The second kappa shape index (κ2) is 6.86. The molecule has 0 saturated heterocycles.